The first-order valence-electron chi connectivity index (χ1n) is 4.84. The normalized spacial score (nSPS) is 14.5. The van der Waals surface area contributed by atoms with Gasteiger partial charge in [-0.3, -0.25) is 0 Å². The average molecular weight is 173 g/mol. The molecule has 0 aliphatic carbocycles. The van der Waals surface area contributed by atoms with Gasteiger partial charge in [-0.25, -0.2) is 0 Å². The average Bonchev–Trinajstić information content (AvgIpc) is 2.17. The first kappa shape index (κ1) is 8.36. The number of aryl methyl sites for hydroxylation is 1. The van der Waals surface area contributed by atoms with Crippen LogP contribution in [-0.4, -0.2) is 0 Å². The quantitative estimate of drug-likeness (QED) is 0.688. The first-order valence-corrected chi connectivity index (χ1v) is 4.84. The summed E-state index contributed by atoms with van der Waals surface area (Å²) in [5, 5.41) is 3.31. The van der Waals surface area contributed by atoms with Crippen molar-refractivity contribution in [3.63, 3.8) is 0 Å². The molecule has 0 spiro atoms. The number of benzene rings is 1. The molecular weight excluding hydrogens is 158 g/mol. The van der Waals surface area contributed by atoms with Crippen molar-refractivity contribution in [1.29, 1.82) is 0 Å². The zero-order valence-corrected chi connectivity index (χ0v) is 8.22. The molecule has 1 N–H and O–H groups in total. The standard InChI is InChI=1S/C12H15N/c1-3-10-7-13-8-11-6-4-5-9(2)12(10)11/h4-7,13H,3,8H2,1-2H3. The summed E-state index contributed by atoms with van der Waals surface area (Å²) in [7, 11) is 0. The smallest absolute Gasteiger partial charge is 0.0401 e. The minimum atomic E-state index is 0.973. The fourth-order valence-electron chi connectivity index (χ4n) is 1.97. The SMILES string of the molecule is CCC1=CNCc2cccc(C)c21. The highest BCUT2D eigenvalue weighted by atomic mass is 14.8. The van der Waals surface area contributed by atoms with Gasteiger partial charge in [-0.1, -0.05) is 25.1 Å². The second-order valence-electron chi connectivity index (χ2n) is 3.51. The summed E-state index contributed by atoms with van der Waals surface area (Å²) in [6, 6.07) is 6.53. The lowest BCUT2D eigenvalue weighted by molar-refractivity contribution is 0.842. The monoisotopic (exact) mass is 173 g/mol. The molecule has 68 valence electrons. The van der Waals surface area contributed by atoms with Crippen molar-refractivity contribution in [2.75, 3.05) is 0 Å². The van der Waals surface area contributed by atoms with Gasteiger partial charge in [-0.05, 0) is 35.6 Å². The van der Waals surface area contributed by atoms with Crippen molar-refractivity contribution >= 4 is 5.57 Å². The first-order chi connectivity index (χ1) is 6.33. The van der Waals surface area contributed by atoms with Crippen molar-refractivity contribution in [2.45, 2.75) is 26.8 Å². The highest BCUT2D eigenvalue weighted by Crippen LogP contribution is 2.27. The molecule has 0 saturated carbocycles. The molecule has 1 aromatic rings. The maximum absolute atomic E-state index is 3.31. The van der Waals surface area contributed by atoms with Crippen LogP contribution in [0.25, 0.3) is 5.57 Å². The Morgan fingerprint density at radius 3 is 3.00 bits per heavy atom. The Morgan fingerprint density at radius 1 is 1.38 bits per heavy atom. The lowest BCUT2D eigenvalue weighted by Crippen LogP contribution is -2.14. The molecule has 1 heteroatoms. The summed E-state index contributed by atoms with van der Waals surface area (Å²) < 4.78 is 0. The highest BCUT2D eigenvalue weighted by Gasteiger charge is 2.11. The highest BCUT2D eigenvalue weighted by molar-refractivity contribution is 5.71. The number of allylic oxidation sites excluding steroid dienone is 1. The Hall–Kier alpha value is -1.24. The molecule has 1 heterocycles. The van der Waals surface area contributed by atoms with Crippen LogP contribution in [0, 0.1) is 6.92 Å². The second kappa shape index (κ2) is 3.25. The topological polar surface area (TPSA) is 12.0 Å². The Morgan fingerprint density at radius 2 is 2.23 bits per heavy atom. The van der Waals surface area contributed by atoms with Crippen LogP contribution in [-0.2, 0) is 6.54 Å². The number of fused-ring (bicyclic) bond motifs is 1. The molecule has 0 bridgehead atoms. The minimum absolute atomic E-state index is 0.973. The van der Waals surface area contributed by atoms with Crippen molar-refractivity contribution in [3.8, 4) is 0 Å². The molecule has 13 heavy (non-hydrogen) atoms. The van der Waals surface area contributed by atoms with Crippen LogP contribution in [0.2, 0.25) is 0 Å². The molecular formula is C12H15N. The molecule has 0 unspecified atom stereocenters. The maximum Gasteiger partial charge on any atom is 0.0401 e. The molecule has 0 amide bonds. The van der Waals surface area contributed by atoms with Crippen LogP contribution in [0.1, 0.15) is 30.0 Å². The van der Waals surface area contributed by atoms with Crippen molar-refractivity contribution in [2.24, 2.45) is 0 Å². The van der Waals surface area contributed by atoms with E-state index in [9.17, 15) is 0 Å². The molecule has 1 nitrogen and oxygen atoms in total. The van der Waals surface area contributed by atoms with Crippen molar-refractivity contribution in [3.05, 3.63) is 41.1 Å². The largest absolute Gasteiger partial charge is 0.387 e. The summed E-state index contributed by atoms with van der Waals surface area (Å²) in [6.45, 7) is 5.36. The van der Waals surface area contributed by atoms with E-state index in [1.165, 1.54) is 22.3 Å². The lowest BCUT2D eigenvalue weighted by Gasteiger charge is -2.20. The van der Waals surface area contributed by atoms with E-state index < -0.39 is 0 Å². The Bertz CT molecular complexity index is 350. The van der Waals surface area contributed by atoms with E-state index >= 15 is 0 Å². The lowest BCUT2D eigenvalue weighted by atomic mass is 9.92. The van der Waals surface area contributed by atoms with Gasteiger partial charge in [0.2, 0.25) is 0 Å². The van der Waals surface area contributed by atoms with E-state index in [-0.39, 0.29) is 0 Å². The van der Waals surface area contributed by atoms with Gasteiger partial charge >= 0.3 is 0 Å². The number of hydrogen-bond donors (Lipinski definition) is 1. The third-order valence-corrected chi connectivity index (χ3v) is 2.63. The predicted octanol–water partition coefficient (Wildman–Crippen LogP) is 2.85. The van der Waals surface area contributed by atoms with Gasteiger partial charge in [0.15, 0.2) is 0 Å². The predicted molar refractivity (Wildman–Crippen MR) is 56.3 cm³/mol. The molecule has 2 rings (SSSR count). The van der Waals surface area contributed by atoms with Crippen molar-refractivity contribution < 1.29 is 0 Å². The van der Waals surface area contributed by atoms with Crippen LogP contribution in [0.4, 0.5) is 0 Å². The Balaban J connectivity index is 2.57. The Labute approximate surface area is 79.5 Å². The number of rotatable bonds is 1. The van der Waals surface area contributed by atoms with Crippen LogP contribution in [0.5, 0.6) is 0 Å². The molecule has 0 aromatic heterocycles. The molecule has 1 aromatic carbocycles. The van der Waals surface area contributed by atoms with Crippen molar-refractivity contribution in [1.82, 2.24) is 5.32 Å². The van der Waals surface area contributed by atoms with Crippen LogP contribution in [0.15, 0.2) is 24.4 Å². The van der Waals surface area contributed by atoms with E-state index in [1.54, 1.807) is 0 Å². The zero-order valence-electron chi connectivity index (χ0n) is 8.22. The van der Waals surface area contributed by atoms with Gasteiger partial charge in [0, 0.05) is 12.7 Å². The van der Waals surface area contributed by atoms with E-state index in [1.807, 2.05) is 0 Å². The maximum atomic E-state index is 3.31. The van der Waals surface area contributed by atoms with E-state index in [4.69, 9.17) is 0 Å². The number of hydrogen-bond acceptors (Lipinski definition) is 1. The number of nitrogens with one attached hydrogen (secondary N) is 1. The molecule has 0 fully saturated rings. The fourth-order valence-corrected chi connectivity index (χ4v) is 1.97. The van der Waals surface area contributed by atoms with Gasteiger partial charge in [0.05, 0.1) is 0 Å². The van der Waals surface area contributed by atoms with Gasteiger partial charge in [-0.15, -0.1) is 0 Å². The Kier molecular flexibility index (Phi) is 2.09. The molecule has 1 aliphatic rings. The molecule has 1 aliphatic heterocycles. The van der Waals surface area contributed by atoms with Crippen LogP contribution < -0.4 is 5.32 Å². The van der Waals surface area contributed by atoms with E-state index in [2.05, 4.69) is 43.6 Å². The van der Waals surface area contributed by atoms with Gasteiger partial charge in [0.1, 0.15) is 0 Å². The summed E-state index contributed by atoms with van der Waals surface area (Å²) in [6.07, 6.45) is 3.25. The summed E-state index contributed by atoms with van der Waals surface area (Å²) in [4.78, 5) is 0. The molecule has 0 atom stereocenters. The summed E-state index contributed by atoms with van der Waals surface area (Å²) in [5.74, 6) is 0. The van der Waals surface area contributed by atoms with Crippen LogP contribution in [0.3, 0.4) is 0 Å². The minimum Gasteiger partial charge on any atom is -0.387 e. The third kappa shape index (κ3) is 1.35. The van der Waals surface area contributed by atoms with E-state index in [0.29, 0.717) is 0 Å². The van der Waals surface area contributed by atoms with Gasteiger partial charge in [-0.2, -0.15) is 0 Å². The fraction of sp³-hybridized carbons (Fsp3) is 0.333. The molecule has 0 saturated heterocycles. The van der Waals surface area contributed by atoms with E-state index in [0.717, 1.165) is 13.0 Å². The summed E-state index contributed by atoms with van der Waals surface area (Å²) in [5.41, 5.74) is 5.72. The summed E-state index contributed by atoms with van der Waals surface area (Å²) >= 11 is 0. The van der Waals surface area contributed by atoms with Gasteiger partial charge < -0.3 is 5.32 Å². The van der Waals surface area contributed by atoms with Crippen LogP contribution >= 0.6 is 0 Å². The zero-order chi connectivity index (χ0) is 9.26. The molecule has 0 radical (unpaired) electrons. The second-order valence-corrected chi connectivity index (χ2v) is 3.51. The van der Waals surface area contributed by atoms with Gasteiger partial charge in [0.25, 0.3) is 0 Å². The third-order valence-electron chi connectivity index (χ3n) is 2.63.